The molecule has 1 aromatic rings. The van der Waals surface area contributed by atoms with E-state index in [9.17, 15) is 0 Å². The van der Waals surface area contributed by atoms with Crippen LogP contribution in [0.1, 0.15) is 24.4 Å². The number of hydrogen-bond donors (Lipinski definition) is 1. The highest BCUT2D eigenvalue weighted by Gasteiger charge is 2.30. The topological polar surface area (TPSA) is 26.0 Å². The lowest BCUT2D eigenvalue weighted by Crippen LogP contribution is -2.12. The first-order valence-electron chi connectivity index (χ1n) is 4.29. The lowest BCUT2D eigenvalue weighted by molar-refractivity contribution is 0.631. The third kappa shape index (κ3) is 2.46. The molecule has 2 rings (SSSR count). The predicted molar refractivity (Wildman–Crippen MR) is 61.0 cm³/mol. The fourth-order valence-corrected chi connectivity index (χ4v) is 2.00. The minimum absolute atomic E-state index is 0. The van der Waals surface area contributed by atoms with Gasteiger partial charge >= 0.3 is 0 Å². The van der Waals surface area contributed by atoms with Crippen LogP contribution in [0.25, 0.3) is 0 Å². The van der Waals surface area contributed by atoms with Gasteiger partial charge in [0.05, 0.1) is 0 Å². The minimum Gasteiger partial charge on any atom is -0.324 e. The Morgan fingerprint density at radius 3 is 2.46 bits per heavy atom. The van der Waals surface area contributed by atoms with Gasteiger partial charge < -0.3 is 5.73 Å². The van der Waals surface area contributed by atoms with E-state index in [1.807, 2.05) is 12.1 Å². The first-order chi connectivity index (χ1) is 5.79. The second-order valence-corrected chi connectivity index (χ2v) is 4.24. The zero-order valence-electron chi connectivity index (χ0n) is 7.24. The van der Waals surface area contributed by atoms with Gasteiger partial charge in [-0.05, 0) is 30.4 Å². The van der Waals surface area contributed by atoms with E-state index in [1.54, 1.807) is 0 Å². The minimum atomic E-state index is 0. The summed E-state index contributed by atoms with van der Waals surface area (Å²) in [6.45, 7) is 0. The Morgan fingerprint density at radius 1 is 1.31 bits per heavy atom. The molecule has 1 aliphatic carbocycles. The van der Waals surface area contributed by atoms with E-state index in [4.69, 9.17) is 5.73 Å². The number of hydrogen-bond acceptors (Lipinski definition) is 1. The summed E-state index contributed by atoms with van der Waals surface area (Å²) in [7, 11) is 0. The van der Waals surface area contributed by atoms with Gasteiger partial charge in [-0.3, -0.25) is 0 Å². The van der Waals surface area contributed by atoms with Crippen molar-refractivity contribution in [3.8, 4) is 0 Å². The molecule has 72 valence electrons. The van der Waals surface area contributed by atoms with Crippen LogP contribution >= 0.6 is 28.3 Å². The summed E-state index contributed by atoms with van der Waals surface area (Å²) >= 11 is 3.51. The lowest BCUT2D eigenvalue weighted by atomic mass is 10.0. The maximum absolute atomic E-state index is 6.07. The molecule has 0 bridgehead atoms. The molecule has 0 aromatic heterocycles. The van der Waals surface area contributed by atoms with Crippen LogP contribution in [-0.2, 0) is 0 Å². The van der Waals surface area contributed by atoms with Crippen LogP contribution in [0.3, 0.4) is 0 Å². The van der Waals surface area contributed by atoms with Crippen LogP contribution in [0.15, 0.2) is 28.7 Å². The molecule has 0 amide bonds. The molecular formula is C10H13BrClN. The summed E-state index contributed by atoms with van der Waals surface area (Å²) in [6, 6.07) is 8.46. The summed E-state index contributed by atoms with van der Waals surface area (Å²) in [6.07, 6.45) is 2.59. The SMILES string of the molecule is Cl.N[C@H](c1ccccc1Br)C1CC1. The molecule has 2 N–H and O–H groups in total. The third-order valence-electron chi connectivity index (χ3n) is 2.39. The average molecular weight is 263 g/mol. The van der Waals surface area contributed by atoms with Crippen molar-refractivity contribution < 1.29 is 0 Å². The average Bonchev–Trinajstić information content (AvgIpc) is 2.86. The fraction of sp³-hybridized carbons (Fsp3) is 0.400. The van der Waals surface area contributed by atoms with Crippen molar-refractivity contribution in [1.29, 1.82) is 0 Å². The Kier molecular flexibility index (Phi) is 3.77. The molecule has 0 radical (unpaired) electrons. The number of nitrogens with two attached hydrogens (primary N) is 1. The Morgan fingerprint density at radius 2 is 1.92 bits per heavy atom. The number of halogens is 2. The van der Waals surface area contributed by atoms with Crippen molar-refractivity contribution >= 4 is 28.3 Å². The molecule has 1 saturated carbocycles. The second kappa shape index (κ2) is 4.45. The molecule has 0 aliphatic heterocycles. The van der Waals surface area contributed by atoms with E-state index in [-0.39, 0.29) is 18.4 Å². The van der Waals surface area contributed by atoms with E-state index in [0.29, 0.717) is 0 Å². The Labute approximate surface area is 93.2 Å². The second-order valence-electron chi connectivity index (χ2n) is 3.38. The van der Waals surface area contributed by atoms with Gasteiger partial charge in [-0.25, -0.2) is 0 Å². The Bertz CT molecular complexity index is 286. The van der Waals surface area contributed by atoms with Crippen LogP contribution in [0.5, 0.6) is 0 Å². The van der Waals surface area contributed by atoms with Crippen molar-refractivity contribution in [3.63, 3.8) is 0 Å². The van der Waals surface area contributed by atoms with Gasteiger partial charge in [-0.1, -0.05) is 34.1 Å². The standard InChI is InChI=1S/C10H12BrN.ClH/c11-9-4-2-1-3-8(9)10(12)7-5-6-7;/h1-4,7,10H,5-6,12H2;1H/t10-;/m0./s1. The van der Waals surface area contributed by atoms with Gasteiger partial charge in [0.2, 0.25) is 0 Å². The first-order valence-corrected chi connectivity index (χ1v) is 5.08. The highest BCUT2D eigenvalue weighted by atomic mass is 79.9. The van der Waals surface area contributed by atoms with Crippen LogP contribution in [-0.4, -0.2) is 0 Å². The van der Waals surface area contributed by atoms with Gasteiger partial charge in [0.15, 0.2) is 0 Å². The Hall–Kier alpha value is -0.0500. The van der Waals surface area contributed by atoms with Crippen molar-refractivity contribution in [2.45, 2.75) is 18.9 Å². The van der Waals surface area contributed by atoms with E-state index in [1.165, 1.54) is 18.4 Å². The summed E-state index contributed by atoms with van der Waals surface area (Å²) in [5.41, 5.74) is 7.32. The first kappa shape index (κ1) is 11.0. The van der Waals surface area contributed by atoms with Crippen molar-refractivity contribution in [2.75, 3.05) is 0 Å². The van der Waals surface area contributed by atoms with E-state index < -0.39 is 0 Å². The highest BCUT2D eigenvalue weighted by Crippen LogP contribution is 2.41. The lowest BCUT2D eigenvalue weighted by Gasteiger charge is -2.11. The van der Waals surface area contributed by atoms with Crippen molar-refractivity contribution in [3.05, 3.63) is 34.3 Å². The van der Waals surface area contributed by atoms with Crippen LogP contribution in [0, 0.1) is 5.92 Å². The monoisotopic (exact) mass is 261 g/mol. The fourth-order valence-electron chi connectivity index (χ4n) is 1.45. The summed E-state index contributed by atoms with van der Waals surface area (Å²) < 4.78 is 1.14. The quantitative estimate of drug-likeness (QED) is 0.870. The van der Waals surface area contributed by atoms with Gasteiger partial charge in [0.1, 0.15) is 0 Å². The molecule has 1 atom stereocenters. The summed E-state index contributed by atoms with van der Waals surface area (Å²) in [5.74, 6) is 0.726. The largest absolute Gasteiger partial charge is 0.324 e. The van der Waals surface area contributed by atoms with Crippen LogP contribution in [0.4, 0.5) is 0 Å². The zero-order chi connectivity index (χ0) is 8.55. The third-order valence-corrected chi connectivity index (χ3v) is 3.12. The van der Waals surface area contributed by atoms with Crippen LogP contribution in [0.2, 0.25) is 0 Å². The van der Waals surface area contributed by atoms with Gasteiger partial charge in [0, 0.05) is 10.5 Å². The molecular weight excluding hydrogens is 249 g/mol. The van der Waals surface area contributed by atoms with Crippen molar-refractivity contribution in [2.24, 2.45) is 11.7 Å². The smallest absolute Gasteiger partial charge is 0.0334 e. The maximum atomic E-state index is 6.07. The van der Waals surface area contributed by atoms with Gasteiger partial charge in [-0.15, -0.1) is 12.4 Å². The predicted octanol–water partition coefficient (Wildman–Crippen LogP) is 3.28. The summed E-state index contributed by atoms with van der Waals surface area (Å²) in [5, 5.41) is 0. The van der Waals surface area contributed by atoms with E-state index >= 15 is 0 Å². The van der Waals surface area contributed by atoms with Gasteiger partial charge in [-0.2, -0.15) is 0 Å². The molecule has 13 heavy (non-hydrogen) atoms. The molecule has 3 heteroatoms. The summed E-state index contributed by atoms with van der Waals surface area (Å²) in [4.78, 5) is 0. The molecule has 0 heterocycles. The number of benzene rings is 1. The highest BCUT2D eigenvalue weighted by molar-refractivity contribution is 9.10. The molecule has 0 spiro atoms. The number of rotatable bonds is 2. The molecule has 1 aromatic carbocycles. The van der Waals surface area contributed by atoms with E-state index in [2.05, 4.69) is 28.1 Å². The molecule has 0 saturated heterocycles. The van der Waals surface area contributed by atoms with Gasteiger partial charge in [0.25, 0.3) is 0 Å². The normalized spacial score (nSPS) is 17.7. The van der Waals surface area contributed by atoms with Crippen molar-refractivity contribution in [1.82, 2.24) is 0 Å². The zero-order valence-corrected chi connectivity index (χ0v) is 9.64. The van der Waals surface area contributed by atoms with E-state index in [0.717, 1.165) is 10.4 Å². The molecule has 1 fully saturated rings. The molecule has 0 unspecified atom stereocenters. The van der Waals surface area contributed by atoms with Crippen LogP contribution < -0.4 is 5.73 Å². The maximum Gasteiger partial charge on any atom is 0.0334 e. The molecule has 1 nitrogen and oxygen atoms in total. The molecule has 1 aliphatic rings. The Balaban J connectivity index is 0.000000845.